The first-order chi connectivity index (χ1) is 7.83. The van der Waals surface area contributed by atoms with Crippen LogP contribution in [-0.2, 0) is 0 Å². The zero-order chi connectivity index (χ0) is 11.0. The van der Waals surface area contributed by atoms with E-state index in [-0.39, 0.29) is 12.4 Å². The minimum Gasteiger partial charge on any atom is -0.339 e. The van der Waals surface area contributed by atoms with Gasteiger partial charge in [-0.1, -0.05) is 28.9 Å². The van der Waals surface area contributed by atoms with Crippen LogP contribution in [0.5, 0.6) is 0 Å². The Morgan fingerprint density at radius 2 is 2.18 bits per heavy atom. The molecule has 17 heavy (non-hydrogen) atoms. The predicted molar refractivity (Wildman–Crippen MR) is 67.6 cm³/mol. The van der Waals surface area contributed by atoms with Crippen LogP contribution in [0.3, 0.4) is 0 Å². The molecule has 1 saturated heterocycles. The molecule has 0 amide bonds. The summed E-state index contributed by atoms with van der Waals surface area (Å²) in [6.07, 6.45) is 0. The third kappa shape index (κ3) is 2.44. The number of hydrogen-bond donors (Lipinski definition) is 1. The van der Waals surface area contributed by atoms with Crippen LogP contribution >= 0.6 is 24.0 Å². The molecule has 0 aliphatic carbocycles. The van der Waals surface area contributed by atoms with Crippen molar-refractivity contribution in [2.75, 3.05) is 13.1 Å². The molecular formula is C11H11Cl2N3O. The highest BCUT2D eigenvalue weighted by atomic mass is 35.5. The maximum atomic E-state index is 5.91. The van der Waals surface area contributed by atoms with Gasteiger partial charge < -0.3 is 9.84 Å². The van der Waals surface area contributed by atoms with E-state index < -0.39 is 0 Å². The number of nitrogens with zero attached hydrogens (tertiary/aromatic N) is 2. The Hall–Kier alpha value is -1.10. The van der Waals surface area contributed by atoms with E-state index in [4.69, 9.17) is 16.1 Å². The molecule has 1 aromatic carbocycles. The summed E-state index contributed by atoms with van der Waals surface area (Å²) in [5.41, 5.74) is 0.884. The minimum absolute atomic E-state index is 0. The van der Waals surface area contributed by atoms with Gasteiger partial charge in [0.1, 0.15) is 0 Å². The highest BCUT2D eigenvalue weighted by Gasteiger charge is 2.25. The average molecular weight is 272 g/mol. The largest absolute Gasteiger partial charge is 0.339 e. The van der Waals surface area contributed by atoms with Crippen molar-refractivity contribution < 1.29 is 4.52 Å². The minimum atomic E-state index is 0. The summed E-state index contributed by atoms with van der Waals surface area (Å²) in [7, 11) is 0. The van der Waals surface area contributed by atoms with E-state index in [1.54, 1.807) is 0 Å². The lowest BCUT2D eigenvalue weighted by atomic mass is 10.0. The molecule has 4 nitrogen and oxygen atoms in total. The molecule has 0 atom stereocenters. The Morgan fingerprint density at radius 3 is 2.82 bits per heavy atom. The fraction of sp³-hybridized carbons (Fsp3) is 0.273. The van der Waals surface area contributed by atoms with Gasteiger partial charge in [-0.25, -0.2) is 0 Å². The molecule has 2 heterocycles. The van der Waals surface area contributed by atoms with E-state index in [0.717, 1.165) is 18.7 Å². The molecule has 1 fully saturated rings. The quantitative estimate of drug-likeness (QED) is 0.912. The summed E-state index contributed by atoms with van der Waals surface area (Å²) >= 11 is 5.91. The summed E-state index contributed by atoms with van der Waals surface area (Å²) in [5, 5.41) is 7.80. The molecule has 0 unspecified atom stereocenters. The van der Waals surface area contributed by atoms with Crippen LogP contribution in [0, 0.1) is 0 Å². The molecule has 2 aromatic rings. The smallest absolute Gasteiger partial charge is 0.232 e. The van der Waals surface area contributed by atoms with Crippen molar-refractivity contribution in [3.63, 3.8) is 0 Å². The molecule has 1 aliphatic rings. The van der Waals surface area contributed by atoms with Crippen molar-refractivity contribution in [1.29, 1.82) is 0 Å². The summed E-state index contributed by atoms with van der Waals surface area (Å²) in [6.45, 7) is 1.83. The van der Waals surface area contributed by atoms with E-state index >= 15 is 0 Å². The van der Waals surface area contributed by atoms with E-state index in [1.165, 1.54) is 0 Å². The Labute approximate surface area is 110 Å². The first-order valence-corrected chi connectivity index (χ1v) is 5.51. The number of benzene rings is 1. The van der Waals surface area contributed by atoms with Gasteiger partial charge in [-0.05, 0) is 12.1 Å². The van der Waals surface area contributed by atoms with Crippen LogP contribution in [0.2, 0.25) is 5.02 Å². The number of hydrogen-bond acceptors (Lipinski definition) is 4. The van der Waals surface area contributed by atoms with E-state index in [0.29, 0.717) is 22.7 Å². The van der Waals surface area contributed by atoms with Crippen LogP contribution < -0.4 is 5.32 Å². The number of aromatic nitrogens is 2. The fourth-order valence-electron chi connectivity index (χ4n) is 1.61. The topological polar surface area (TPSA) is 51.0 Å². The molecule has 0 spiro atoms. The summed E-state index contributed by atoms with van der Waals surface area (Å²) in [6, 6.07) is 7.44. The molecule has 1 aliphatic heterocycles. The van der Waals surface area contributed by atoms with E-state index in [2.05, 4.69) is 15.5 Å². The van der Waals surface area contributed by atoms with Crippen LogP contribution in [-0.4, -0.2) is 23.2 Å². The van der Waals surface area contributed by atoms with Gasteiger partial charge in [-0.2, -0.15) is 4.98 Å². The van der Waals surface area contributed by atoms with Crippen molar-refractivity contribution in [3.05, 3.63) is 35.2 Å². The van der Waals surface area contributed by atoms with Gasteiger partial charge >= 0.3 is 0 Å². The lowest BCUT2D eigenvalue weighted by molar-refractivity contribution is 0.308. The lowest BCUT2D eigenvalue weighted by Gasteiger charge is -2.22. The highest BCUT2D eigenvalue weighted by Crippen LogP contribution is 2.23. The molecule has 1 aromatic heterocycles. The molecule has 1 N–H and O–H groups in total. The molecule has 0 bridgehead atoms. The molecule has 3 rings (SSSR count). The summed E-state index contributed by atoms with van der Waals surface area (Å²) in [4.78, 5) is 4.37. The van der Waals surface area contributed by atoms with E-state index in [9.17, 15) is 0 Å². The second kappa shape index (κ2) is 5.04. The van der Waals surface area contributed by atoms with Gasteiger partial charge in [0.05, 0.1) is 5.92 Å². The number of rotatable bonds is 2. The van der Waals surface area contributed by atoms with Crippen LogP contribution in [0.15, 0.2) is 28.8 Å². The van der Waals surface area contributed by atoms with Gasteiger partial charge in [-0.15, -0.1) is 12.4 Å². The van der Waals surface area contributed by atoms with Crippen molar-refractivity contribution in [2.45, 2.75) is 5.92 Å². The second-order valence-corrected chi connectivity index (χ2v) is 4.26. The van der Waals surface area contributed by atoms with Gasteiger partial charge in [0.15, 0.2) is 0 Å². The Kier molecular flexibility index (Phi) is 3.66. The standard InChI is InChI=1S/C11H10ClN3O.ClH/c12-9-3-1-2-7(4-9)10-14-11(16-15-10)8-5-13-6-8;/h1-4,8,13H,5-6H2;1H. The van der Waals surface area contributed by atoms with Gasteiger partial charge in [0, 0.05) is 23.7 Å². The molecule has 90 valence electrons. The Morgan fingerprint density at radius 1 is 1.35 bits per heavy atom. The lowest BCUT2D eigenvalue weighted by Crippen LogP contribution is -2.40. The first-order valence-electron chi connectivity index (χ1n) is 5.13. The zero-order valence-corrected chi connectivity index (χ0v) is 10.5. The molecule has 0 radical (unpaired) electrons. The Balaban J connectivity index is 0.00000108. The molecule has 6 heteroatoms. The molecule has 0 saturated carbocycles. The van der Waals surface area contributed by atoms with Crippen LogP contribution in [0.1, 0.15) is 11.8 Å². The zero-order valence-electron chi connectivity index (χ0n) is 8.89. The number of halogens is 2. The summed E-state index contributed by atoms with van der Waals surface area (Å²) < 4.78 is 5.22. The predicted octanol–water partition coefficient (Wildman–Crippen LogP) is 2.50. The summed E-state index contributed by atoms with van der Waals surface area (Å²) in [5.74, 6) is 1.67. The Bertz CT molecular complexity index is 511. The normalized spacial score (nSPS) is 15.1. The average Bonchev–Trinajstić information content (AvgIpc) is 2.64. The van der Waals surface area contributed by atoms with Gasteiger partial charge in [0.2, 0.25) is 11.7 Å². The van der Waals surface area contributed by atoms with Crippen molar-refractivity contribution in [1.82, 2.24) is 15.5 Å². The van der Waals surface area contributed by atoms with Crippen LogP contribution in [0.25, 0.3) is 11.4 Å². The first kappa shape index (κ1) is 12.4. The molecular weight excluding hydrogens is 261 g/mol. The number of nitrogens with one attached hydrogen (secondary N) is 1. The van der Waals surface area contributed by atoms with Crippen molar-refractivity contribution in [3.8, 4) is 11.4 Å². The highest BCUT2D eigenvalue weighted by molar-refractivity contribution is 6.30. The van der Waals surface area contributed by atoms with Crippen molar-refractivity contribution >= 4 is 24.0 Å². The maximum absolute atomic E-state index is 5.91. The maximum Gasteiger partial charge on any atom is 0.232 e. The SMILES string of the molecule is Cl.Clc1cccc(-c2noc(C3CNC3)n2)c1. The van der Waals surface area contributed by atoms with Crippen LogP contribution in [0.4, 0.5) is 0 Å². The third-order valence-corrected chi connectivity index (χ3v) is 2.89. The van der Waals surface area contributed by atoms with Gasteiger partial charge in [0.25, 0.3) is 0 Å². The monoisotopic (exact) mass is 271 g/mol. The second-order valence-electron chi connectivity index (χ2n) is 3.82. The van der Waals surface area contributed by atoms with E-state index in [1.807, 2.05) is 24.3 Å². The van der Waals surface area contributed by atoms with Gasteiger partial charge in [-0.3, -0.25) is 0 Å². The third-order valence-electron chi connectivity index (χ3n) is 2.66. The van der Waals surface area contributed by atoms with Crippen molar-refractivity contribution in [2.24, 2.45) is 0 Å². The fourth-order valence-corrected chi connectivity index (χ4v) is 1.80.